The molecule has 0 radical (unpaired) electrons. The maximum absolute atomic E-state index is 6.60. The van der Waals surface area contributed by atoms with Gasteiger partial charge in [0.05, 0.1) is 5.69 Å². The van der Waals surface area contributed by atoms with Gasteiger partial charge in [-0.15, -0.1) is 0 Å². The van der Waals surface area contributed by atoms with Crippen LogP contribution in [0.25, 0.3) is 86.9 Å². The van der Waals surface area contributed by atoms with Crippen LogP contribution < -0.4 is 10.1 Å². The standard InChI is InChI=1S/C49H31NO/c1-2-10-31(11-3-1)49-50-46-27-22-30-18-19-33-28-32(20-23-37(33)47(30)48(46)51-49)35-25-26-36(39-13-5-4-12-38(35)39)34-21-24-44-42-16-7-6-14-40(42)41-15-8-9-17-43(41)45(44)29-34/h1-29,49-50H. The van der Waals surface area contributed by atoms with Gasteiger partial charge in [-0.1, -0.05) is 158 Å². The number of hydrogen-bond donors (Lipinski definition) is 1. The van der Waals surface area contributed by atoms with E-state index in [1.807, 2.05) is 6.07 Å². The van der Waals surface area contributed by atoms with Crippen LogP contribution in [-0.2, 0) is 0 Å². The van der Waals surface area contributed by atoms with Gasteiger partial charge < -0.3 is 10.1 Å². The molecule has 0 saturated carbocycles. The van der Waals surface area contributed by atoms with Gasteiger partial charge in [-0.2, -0.15) is 0 Å². The monoisotopic (exact) mass is 649 g/mol. The molecule has 238 valence electrons. The molecule has 0 aliphatic carbocycles. The highest BCUT2D eigenvalue weighted by Gasteiger charge is 2.26. The highest BCUT2D eigenvalue weighted by atomic mass is 16.5. The highest BCUT2D eigenvalue weighted by Crippen LogP contribution is 2.47. The summed E-state index contributed by atoms with van der Waals surface area (Å²) in [6.45, 7) is 0. The molecular formula is C49H31NO. The summed E-state index contributed by atoms with van der Waals surface area (Å²) in [5.74, 6) is 0.922. The smallest absolute Gasteiger partial charge is 0.196 e. The Balaban J connectivity index is 1.04. The van der Waals surface area contributed by atoms with Crippen LogP contribution in [0.4, 0.5) is 5.69 Å². The average molecular weight is 650 g/mol. The Morgan fingerprint density at radius 1 is 0.373 bits per heavy atom. The molecular weight excluding hydrogens is 619 g/mol. The topological polar surface area (TPSA) is 21.3 Å². The molecule has 1 aliphatic heterocycles. The van der Waals surface area contributed by atoms with Crippen molar-refractivity contribution < 1.29 is 4.74 Å². The molecule has 0 aromatic heterocycles. The SMILES string of the molecule is c1ccc(C2Nc3ccc4ccc5cc(-c6ccc(-c7ccc8c9ccccc9c9ccccc9c8c7)c7ccccc67)ccc5c4c3O2)cc1. The van der Waals surface area contributed by atoms with Gasteiger partial charge in [0, 0.05) is 10.9 Å². The molecule has 0 saturated heterocycles. The van der Waals surface area contributed by atoms with Gasteiger partial charge in [-0.25, -0.2) is 0 Å². The summed E-state index contributed by atoms with van der Waals surface area (Å²) in [5, 5.41) is 18.6. The number of ether oxygens (including phenoxy) is 1. The van der Waals surface area contributed by atoms with E-state index in [1.165, 1.54) is 81.5 Å². The van der Waals surface area contributed by atoms with E-state index in [1.54, 1.807) is 0 Å². The van der Waals surface area contributed by atoms with Gasteiger partial charge >= 0.3 is 0 Å². The minimum atomic E-state index is -0.202. The van der Waals surface area contributed by atoms with Crippen molar-refractivity contribution >= 4 is 70.3 Å². The van der Waals surface area contributed by atoms with E-state index in [9.17, 15) is 0 Å². The first-order chi connectivity index (χ1) is 25.3. The van der Waals surface area contributed by atoms with E-state index in [0.29, 0.717) is 0 Å². The van der Waals surface area contributed by atoms with Crippen molar-refractivity contribution in [2.24, 2.45) is 0 Å². The molecule has 2 heteroatoms. The molecule has 0 amide bonds. The first kappa shape index (κ1) is 28.2. The zero-order chi connectivity index (χ0) is 33.5. The van der Waals surface area contributed by atoms with Crippen LogP contribution >= 0.6 is 0 Å². The van der Waals surface area contributed by atoms with Gasteiger partial charge in [0.25, 0.3) is 0 Å². The minimum Gasteiger partial charge on any atom is -0.464 e. The summed E-state index contributed by atoms with van der Waals surface area (Å²) in [7, 11) is 0. The van der Waals surface area contributed by atoms with Crippen molar-refractivity contribution in [3.63, 3.8) is 0 Å². The third-order valence-corrected chi connectivity index (χ3v) is 10.9. The molecule has 1 unspecified atom stereocenters. The molecule has 1 N–H and O–H groups in total. The number of hydrogen-bond acceptors (Lipinski definition) is 2. The van der Waals surface area contributed by atoms with E-state index in [-0.39, 0.29) is 6.23 Å². The van der Waals surface area contributed by atoms with Crippen LogP contribution in [0.5, 0.6) is 5.75 Å². The molecule has 0 bridgehead atoms. The predicted molar refractivity (Wildman–Crippen MR) is 216 cm³/mol. The first-order valence-corrected chi connectivity index (χ1v) is 17.6. The predicted octanol–water partition coefficient (Wildman–Crippen LogP) is 13.4. The summed E-state index contributed by atoms with van der Waals surface area (Å²) in [5.41, 5.74) is 7.05. The van der Waals surface area contributed by atoms with Crippen molar-refractivity contribution in [3.05, 3.63) is 181 Å². The Morgan fingerprint density at radius 2 is 0.882 bits per heavy atom. The molecule has 1 atom stereocenters. The molecule has 10 aromatic carbocycles. The summed E-state index contributed by atoms with van der Waals surface area (Å²) in [4.78, 5) is 0. The largest absolute Gasteiger partial charge is 0.464 e. The van der Waals surface area contributed by atoms with Crippen LogP contribution in [-0.4, -0.2) is 0 Å². The lowest BCUT2D eigenvalue weighted by Crippen LogP contribution is -2.09. The fraction of sp³-hybridized carbons (Fsp3) is 0.0204. The van der Waals surface area contributed by atoms with Gasteiger partial charge in [-0.3, -0.25) is 0 Å². The molecule has 0 fully saturated rings. The van der Waals surface area contributed by atoms with Gasteiger partial charge in [0.15, 0.2) is 12.0 Å². The first-order valence-electron chi connectivity index (χ1n) is 17.6. The number of nitrogens with one attached hydrogen (secondary N) is 1. The second-order valence-electron chi connectivity index (χ2n) is 13.7. The number of anilines is 1. The lowest BCUT2D eigenvalue weighted by Gasteiger charge is -2.15. The maximum atomic E-state index is 6.60. The number of fused-ring (bicyclic) bond motifs is 12. The molecule has 10 aromatic rings. The summed E-state index contributed by atoms with van der Waals surface area (Å²) in [6, 6.07) is 64.0. The van der Waals surface area contributed by atoms with Crippen LogP contribution in [0.15, 0.2) is 176 Å². The van der Waals surface area contributed by atoms with E-state index in [2.05, 4.69) is 175 Å². The van der Waals surface area contributed by atoms with Crippen LogP contribution in [0.3, 0.4) is 0 Å². The quantitative estimate of drug-likeness (QED) is 0.192. The van der Waals surface area contributed by atoms with Crippen molar-refractivity contribution in [2.45, 2.75) is 6.23 Å². The van der Waals surface area contributed by atoms with E-state index in [0.717, 1.165) is 22.4 Å². The zero-order valence-electron chi connectivity index (χ0n) is 27.7. The lowest BCUT2D eigenvalue weighted by molar-refractivity contribution is 0.263. The van der Waals surface area contributed by atoms with Gasteiger partial charge in [-0.05, 0) is 99.7 Å². The Kier molecular flexibility index (Phi) is 6.05. The number of benzene rings is 10. The lowest BCUT2D eigenvalue weighted by atomic mass is 9.88. The van der Waals surface area contributed by atoms with Crippen molar-refractivity contribution in [1.82, 2.24) is 0 Å². The third-order valence-electron chi connectivity index (χ3n) is 10.9. The molecule has 0 spiro atoms. The summed E-state index contributed by atoms with van der Waals surface area (Å²) < 4.78 is 6.60. The van der Waals surface area contributed by atoms with E-state index >= 15 is 0 Å². The van der Waals surface area contributed by atoms with E-state index < -0.39 is 0 Å². The van der Waals surface area contributed by atoms with E-state index in [4.69, 9.17) is 4.74 Å². The fourth-order valence-corrected chi connectivity index (χ4v) is 8.47. The molecule has 11 rings (SSSR count). The Bertz CT molecular complexity index is 3000. The van der Waals surface area contributed by atoms with Crippen molar-refractivity contribution in [2.75, 3.05) is 5.32 Å². The maximum Gasteiger partial charge on any atom is 0.196 e. The minimum absolute atomic E-state index is 0.202. The third kappa shape index (κ3) is 4.30. The zero-order valence-corrected chi connectivity index (χ0v) is 27.7. The van der Waals surface area contributed by atoms with Gasteiger partial charge in [0.1, 0.15) is 0 Å². The summed E-state index contributed by atoms with van der Waals surface area (Å²) in [6.07, 6.45) is -0.202. The van der Waals surface area contributed by atoms with Crippen molar-refractivity contribution in [3.8, 4) is 28.0 Å². The number of rotatable bonds is 3. The molecule has 1 aliphatic rings. The second kappa shape index (κ2) is 10.9. The van der Waals surface area contributed by atoms with Crippen LogP contribution in [0.1, 0.15) is 11.8 Å². The Morgan fingerprint density at radius 3 is 1.55 bits per heavy atom. The fourth-order valence-electron chi connectivity index (χ4n) is 8.47. The highest BCUT2D eigenvalue weighted by molar-refractivity contribution is 6.26. The second-order valence-corrected chi connectivity index (χ2v) is 13.7. The van der Waals surface area contributed by atoms with Gasteiger partial charge in [0.2, 0.25) is 0 Å². The molecule has 51 heavy (non-hydrogen) atoms. The Labute approximate surface area is 295 Å². The Hall–Kier alpha value is -6.64. The van der Waals surface area contributed by atoms with Crippen molar-refractivity contribution in [1.29, 1.82) is 0 Å². The molecule has 1 heterocycles. The van der Waals surface area contributed by atoms with Crippen LogP contribution in [0, 0.1) is 0 Å². The average Bonchev–Trinajstić information content (AvgIpc) is 3.65. The normalized spacial score (nSPS) is 14.0. The molecule has 2 nitrogen and oxygen atoms in total. The van der Waals surface area contributed by atoms with Crippen LogP contribution in [0.2, 0.25) is 0 Å². The summed E-state index contributed by atoms with van der Waals surface area (Å²) >= 11 is 0.